The molecular weight excluding hydrogens is 230 g/mol. The quantitative estimate of drug-likeness (QED) is 0.875. The fourth-order valence-electron chi connectivity index (χ4n) is 1.82. The third kappa shape index (κ3) is 3.93. The Balaban J connectivity index is 2.17. The van der Waals surface area contributed by atoms with Gasteiger partial charge in [-0.05, 0) is 36.3 Å². The van der Waals surface area contributed by atoms with E-state index < -0.39 is 11.0 Å². The third-order valence-corrected chi connectivity index (χ3v) is 4.09. The number of nitrogens with one attached hydrogen (secondary N) is 1. The molecule has 1 fully saturated rings. The van der Waals surface area contributed by atoms with E-state index in [1.165, 1.54) is 5.56 Å². The molecule has 1 atom stereocenters. The summed E-state index contributed by atoms with van der Waals surface area (Å²) >= 11 is 0. The molecule has 0 aromatic heterocycles. The van der Waals surface area contributed by atoms with Crippen molar-refractivity contribution in [1.29, 1.82) is 0 Å². The molecule has 17 heavy (non-hydrogen) atoms. The monoisotopic (exact) mass is 251 g/mol. The van der Waals surface area contributed by atoms with Crippen molar-refractivity contribution < 1.29 is 4.21 Å². The largest absolute Gasteiger partial charge is 0.237 e. The fraction of sp³-hybridized carbons (Fsp3) is 0.571. The van der Waals surface area contributed by atoms with Crippen LogP contribution in [0.25, 0.3) is 0 Å². The highest BCUT2D eigenvalue weighted by atomic mass is 32.2. The summed E-state index contributed by atoms with van der Waals surface area (Å²) in [5.41, 5.74) is 1.42. The standard InChI is InChI=1S/C14H21NOS/c1-14(2,3)10-11-6-4-5-7-13(11)17(16)15-12-8-9-12/h4-7,12,15H,8-10H2,1-3H3. The van der Waals surface area contributed by atoms with Gasteiger partial charge in [-0.2, -0.15) is 0 Å². The minimum atomic E-state index is -1.05. The first-order valence-electron chi connectivity index (χ1n) is 6.21. The van der Waals surface area contributed by atoms with Gasteiger partial charge in [0.1, 0.15) is 11.0 Å². The van der Waals surface area contributed by atoms with E-state index in [-0.39, 0.29) is 5.41 Å². The van der Waals surface area contributed by atoms with Crippen LogP contribution in [0.4, 0.5) is 0 Å². The maximum Gasteiger partial charge on any atom is 0.125 e. The molecule has 1 saturated carbocycles. The Morgan fingerprint density at radius 3 is 2.53 bits per heavy atom. The van der Waals surface area contributed by atoms with Gasteiger partial charge in [-0.15, -0.1) is 0 Å². The molecule has 94 valence electrons. The average Bonchev–Trinajstić information content (AvgIpc) is 3.00. The molecule has 1 aromatic rings. The first kappa shape index (κ1) is 12.8. The molecule has 0 heterocycles. The molecular formula is C14H21NOS. The Kier molecular flexibility index (Phi) is 3.69. The van der Waals surface area contributed by atoms with Crippen LogP contribution in [-0.2, 0) is 17.4 Å². The SMILES string of the molecule is CC(C)(C)Cc1ccccc1S(=O)NC1CC1. The molecule has 0 bridgehead atoms. The minimum Gasteiger partial charge on any atom is -0.237 e. The van der Waals surface area contributed by atoms with Gasteiger partial charge in [0.2, 0.25) is 0 Å². The zero-order chi connectivity index (χ0) is 12.5. The van der Waals surface area contributed by atoms with Crippen LogP contribution >= 0.6 is 0 Å². The summed E-state index contributed by atoms with van der Waals surface area (Å²) in [6.45, 7) is 6.63. The summed E-state index contributed by atoms with van der Waals surface area (Å²) in [5.74, 6) is 0. The molecule has 0 radical (unpaired) electrons. The van der Waals surface area contributed by atoms with Crippen molar-refractivity contribution in [3.8, 4) is 0 Å². The van der Waals surface area contributed by atoms with Crippen LogP contribution in [-0.4, -0.2) is 10.3 Å². The maximum atomic E-state index is 12.2. The lowest BCUT2D eigenvalue weighted by Gasteiger charge is -2.20. The second-order valence-corrected chi connectivity index (χ2v) is 7.22. The molecule has 0 saturated heterocycles. The van der Waals surface area contributed by atoms with Gasteiger partial charge in [-0.25, -0.2) is 8.93 Å². The van der Waals surface area contributed by atoms with E-state index in [0.717, 1.165) is 24.2 Å². The van der Waals surface area contributed by atoms with E-state index in [4.69, 9.17) is 0 Å². The summed E-state index contributed by atoms with van der Waals surface area (Å²) in [6, 6.07) is 8.53. The van der Waals surface area contributed by atoms with Crippen LogP contribution in [0, 0.1) is 5.41 Å². The van der Waals surface area contributed by atoms with Gasteiger partial charge in [0, 0.05) is 6.04 Å². The molecule has 2 rings (SSSR count). The van der Waals surface area contributed by atoms with Crippen molar-refractivity contribution in [2.75, 3.05) is 0 Å². The predicted molar refractivity (Wildman–Crippen MR) is 72.2 cm³/mol. The van der Waals surface area contributed by atoms with Crippen molar-refractivity contribution in [2.24, 2.45) is 5.41 Å². The Morgan fingerprint density at radius 2 is 1.94 bits per heavy atom. The summed E-state index contributed by atoms with van der Waals surface area (Å²) < 4.78 is 15.4. The lowest BCUT2D eigenvalue weighted by molar-refractivity contribution is 0.408. The first-order chi connectivity index (χ1) is 7.96. The lowest BCUT2D eigenvalue weighted by atomic mass is 9.88. The molecule has 2 nitrogen and oxygen atoms in total. The van der Waals surface area contributed by atoms with E-state index >= 15 is 0 Å². The molecule has 1 aromatic carbocycles. The summed E-state index contributed by atoms with van der Waals surface area (Å²) in [7, 11) is -1.05. The molecule has 0 aliphatic heterocycles. The molecule has 0 spiro atoms. The fourth-order valence-corrected chi connectivity index (χ4v) is 3.06. The van der Waals surface area contributed by atoms with E-state index in [1.54, 1.807) is 0 Å². The van der Waals surface area contributed by atoms with Crippen molar-refractivity contribution in [3.05, 3.63) is 29.8 Å². The van der Waals surface area contributed by atoms with Crippen LogP contribution in [0.15, 0.2) is 29.2 Å². The Hall–Kier alpha value is -0.670. The highest BCUT2D eigenvalue weighted by Crippen LogP contribution is 2.26. The average molecular weight is 251 g/mol. The first-order valence-corrected chi connectivity index (χ1v) is 7.36. The van der Waals surface area contributed by atoms with Gasteiger partial charge < -0.3 is 0 Å². The van der Waals surface area contributed by atoms with Crippen LogP contribution < -0.4 is 4.72 Å². The second kappa shape index (κ2) is 4.91. The van der Waals surface area contributed by atoms with Gasteiger partial charge in [0.05, 0.1) is 4.90 Å². The highest BCUT2D eigenvalue weighted by Gasteiger charge is 2.25. The minimum absolute atomic E-state index is 0.222. The van der Waals surface area contributed by atoms with Gasteiger partial charge >= 0.3 is 0 Å². The normalized spacial score (nSPS) is 18.1. The third-order valence-electron chi connectivity index (χ3n) is 2.74. The molecule has 1 unspecified atom stereocenters. The molecule has 3 heteroatoms. The molecule has 1 aliphatic rings. The Bertz CT molecular complexity index is 418. The highest BCUT2D eigenvalue weighted by molar-refractivity contribution is 7.83. The lowest BCUT2D eigenvalue weighted by Crippen LogP contribution is -2.21. The van der Waals surface area contributed by atoms with Crippen molar-refractivity contribution in [3.63, 3.8) is 0 Å². The zero-order valence-electron chi connectivity index (χ0n) is 10.8. The molecule has 0 amide bonds. The van der Waals surface area contributed by atoms with E-state index in [2.05, 4.69) is 31.6 Å². The van der Waals surface area contributed by atoms with Gasteiger partial charge in [-0.1, -0.05) is 39.0 Å². The van der Waals surface area contributed by atoms with Crippen LogP contribution in [0.1, 0.15) is 39.2 Å². The zero-order valence-corrected chi connectivity index (χ0v) is 11.6. The summed E-state index contributed by atoms with van der Waals surface area (Å²) in [6.07, 6.45) is 3.28. The van der Waals surface area contributed by atoms with Crippen LogP contribution in [0.2, 0.25) is 0 Å². The summed E-state index contributed by atoms with van der Waals surface area (Å²) in [5, 5.41) is 0. The topological polar surface area (TPSA) is 29.1 Å². The van der Waals surface area contributed by atoms with E-state index in [1.807, 2.05) is 18.2 Å². The number of hydrogen-bond acceptors (Lipinski definition) is 1. The van der Waals surface area contributed by atoms with Crippen molar-refractivity contribution >= 4 is 11.0 Å². The number of benzene rings is 1. The maximum absolute atomic E-state index is 12.2. The Morgan fingerprint density at radius 1 is 1.29 bits per heavy atom. The smallest absolute Gasteiger partial charge is 0.125 e. The van der Waals surface area contributed by atoms with Crippen molar-refractivity contribution in [2.45, 2.75) is 51.0 Å². The van der Waals surface area contributed by atoms with Gasteiger partial charge in [-0.3, -0.25) is 0 Å². The van der Waals surface area contributed by atoms with Crippen molar-refractivity contribution in [1.82, 2.24) is 4.72 Å². The predicted octanol–water partition coefficient (Wildman–Crippen LogP) is 3.05. The van der Waals surface area contributed by atoms with E-state index in [0.29, 0.717) is 6.04 Å². The molecule has 1 aliphatic carbocycles. The van der Waals surface area contributed by atoms with E-state index in [9.17, 15) is 4.21 Å². The molecule has 1 N–H and O–H groups in total. The van der Waals surface area contributed by atoms with Gasteiger partial charge in [0.25, 0.3) is 0 Å². The Labute approximate surface area is 106 Å². The number of hydrogen-bond donors (Lipinski definition) is 1. The van der Waals surface area contributed by atoms with Crippen LogP contribution in [0.3, 0.4) is 0 Å². The van der Waals surface area contributed by atoms with Crippen LogP contribution in [0.5, 0.6) is 0 Å². The second-order valence-electron chi connectivity index (χ2n) is 6.01. The summed E-state index contributed by atoms with van der Waals surface area (Å²) in [4.78, 5) is 0.953. The van der Waals surface area contributed by atoms with Gasteiger partial charge in [0.15, 0.2) is 0 Å². The number of rotatable bonds is 4.